The van der Waals surface area contributed by atoms with E-state index in [0.717, 1.165) is 5.65 Å². The molecule has 110 valence electrons. The number of aromatic nitrogens is 2. The summed E-state index contributed by atoms with van der Waals surface area (Å²) < 4.78 is 44.2. The van der Waals surface area contributed by atoms with Crippen LogP contribution >= 0.6 is 0 Å². The number of fused-ring (bicyclic) bond motifs is 1. The highest BCUT2D eigenvalue weighted by Crippen LogP contribution is 2.18. The number of halogens is 3. The molecule has 0 amide bonds. The zero-order valence-corrected chi connectivity index (χ0v) is 11.1. The van der Waals surface area contributed by atoms with Crippen molar-refractivity contribution in [3.8, 4) is 0 Å². The third-order valence-corrected chi connectivity index (χ3v) is 2.81. The van der Waals surface area contributed by atoms with Crippen LogP contribution in [0.3, 0.4) is 0 Å². The van der Waals surface area contributed by atoms with Crippen molar-refractivity contribution in [2.75, 3.05) is 26.8 Å². The second-order valence-electron chi connectivity index (χ2n) is 4.52. The Morgan fingerprint density at radius 3 is 2.80 bits per heavy atom. The first-order valence-electron chi connectivity index (χ1n) is 6.18. The van der Waals surface area contributed by atoms with E-state index in [2.05, 4.69) is 4.98 Å². The molecule has 0 fully saturated rings. The molecule has 4 nitrogen and oxygen atoms in total. The van der Waals surface area contributed by atoms with Gasteiger partial charge in [0.1, 0.15) is 5.65 Å². The van der Waals surface area contributed by atoms with Crippen molar-refractivity contribution < 1.29 is 17.9 Å². The Labute approximate surface area is 114 Å². The number of rotatable bonds is 6. The SMILES string of the molecule is COCCN(Cc1cn2ccccc2n1)CC(F)(F)F. The fourth-order valence-electron chi connectivity index (χ4n) is 1.98. The van der Waals surface area contributed by atoms with E-state index in [1.807, 2.05) is 24.4 Å². The number of nitrogens with zero attached hydrogens (tertiary/aromatic N) is 3. The third kappa shape index (κ3) is 4.21. The molecule has 0 aliphatic heterocycles. The molecule has 0 saturated carbocycles. The molecule has 0 saturated heterocycles. The van der Waals surface area contributed by atoms with Crippen LogP contribution in [0.5, 0.6) is 0 Å². The lowest BCUT2D eigenvalue weighted by Gasteiger charge is -2.22. The molecule has 0 aromatic carbocycles. The Hall–Kier alpha value is -1.60. The molecular weight excluding hydrogens is 271 g/mol. The number of ether oxygens (including phenoxy) is 1. The fraction of sp³-hybridized carbons (Fsp3) is 0.462. The van der Waals surface area contributed by atoms with Crippen LogP contribution in [0, 0.1) is 0 Å². The molecule has 0 N–H and O–H groups in total. The lowest BCUT2D eigenvalue weighted by Crippen LogP contribution is -2.36. The molecule has 2 aromatic heterocycles. The number of methoxy groups -OCH3 is 1. The number of hydrogen-bond donors (Lipinski definition) is 0. The van der Waals surface area contributed by atoms with Crippen LogP contribution in [-0.2, 0) is 11.3 Å². The van der Waals surface area contributed by atoms with E-state index in [9.17, 15) is 13.2 Å². The van der Waals surface area contributed by atoms with Crippen molar-refractivity contribution in [1.29, 1.82) is 0 Å². The van der Waals surface area contributed by atoms with E-state index in [-0.39, 0.29) is 19.7 Å². The summed E-state index contributed by atoms with van der Waals surface area (Å²) in [5, 5.41) is 0. The predicted octanol–water partition coefficient (Wildman–Crippen LogP) is 2.35. The summed E-state index contributed by atoms with van der Waals surface area (Å²) in [4.78, 5) is 5.59. The third-order valence-electron chi connectivity index (χ3n) is 2.81. The molecule has 0 atom stereocenters. The summed E-state index contributed by atoms with van der Waals surface area (Å²) in [6.07, 6.45) is -0.673. The minimum Gasteiger partial charge on any atom is -0.383 e. The highest BCUT2D eigenvalue weighted by atomic mass is 19.4. The van der Waals surface area contributed by atoms with Crippen molar-refractivity contribution in [1.82, 2.24) is 14.3 Å². The number of imidazole rings is 1. The van der Waals surface area contributed by atoms with Gasteiger partial charge in [-0.1, -0.05) is 6.07 Å². The topological polar surface area (TPSA) is 29.8 Å². The zero-order valence-electron chi connectivity index (χ0n) is 11.1. The molecular formula is C13H16F3N3O. The summed E-state index contributed by atoms with van der Waals surface area (Å²) in [6, 6.07) is 5.49. The van der Waals surface area contributed by atoms with Crippen LogP contribution in [0.1, 0.15) is 5.69 Å². The molecule has 0 spiro atoms. The largest absolute Gasteiger partial charge is 0.401 e. The Morgan fingerprint density at radius 2 is 2.15 bits per heavy atom. The monoisotopic (exact) mass is 287 g/mol. The average Bonchev–Trinajstić information content (AvgIpc) is 2.76. The van der Waals surface area contributed by atoms with Crippen LogP contribution in [0.15, 0.2) is 30.6 Å². The van der Waals surface area contributed by atoms with Crippen molar-refractivity contribution in [3.05, 3.63) is 36.3 Å². The van der Waals surface area contributed by atoms with Gasteiger partial charge in [-0.3, -0.25) is 4.90 Å². The van der Waals surface area contributed by atoms with Crippen LogP contribution in [0.25, 0.3) is 5.65 Å². The molecule has 0 unspecified atom stereocenters. The van der Waals surface area contributed by atoms with E-state index >= 15 is 0 Å². The number of alkyl halides is 3. The first-order chi connectivity index (χ1) is 9.48. The van der Waals surface area contributed by atoms with Crippen molar-refractivity contribution in [2.45, 2.75) is 12.7 Å². The van der Waals surface area contributed by atoms with Gasteiger partial charge < -0.3 is 9.14 Å². The Bertz CT molecular complexity index is 520. The molecule has 2 heterocycles. The normalized spacial score (nSPS) is 12.4. The lowest BCUT2D eigenvalue weighted by molar-refractivity contribution is -0.148. The molecule has 0 bridgehead atoms. The summed E-state index contributed by atoms with van der Waals surface area (Å²) >= 11 is 0. The molecule has 0 aliphatic rings. The van der Waals surface area contributed by atoms with E-state index in [1.165, 1.54) is 12.0 Å². The predicted molar refractivity (Wildman–Crippen MR) is 68.4 cm³/mol. The van der Waals surface area contributed by atoms with E-state index in [1.54, 1.807) is 10.6 Å². The highest BCUT2D eigenvalue weighted by Gasteiger charge is 2.30. The van der Waals surface area contributed by atoms with Crippen molar-refractivity contribution >= 4 is 5.65 Å². The molecule has 2 rings (SSSR count). The van der Waals surface area contributed by atoms with Crippen molar-refractivity contribution in [3.63, 3.8) is 0 Å². The minimum atomic E-state index is -4.23. The van der Waals surface area contributed by atoms with Crippen LogP contribution in [-0.4, -0.2) is 47.3 Å². The molecule has 20 heavy (non-hydrogen) atoms. The van der Waals surface area contributed by atoms with Gasteiger partial charge in [-0.25, -0.2) is 4.98 Å². The standard InChI is InChI=1S/C13H16F3N3O/c1-20-7-6-18(10-13(14,15)16)8-11-9-19-5-3-2-4-12(19)17-11/h2-5,9H,6-8,10H2,1H3. The molecule has 7 heteroatoms. The summed E-state index contributed by atoms with van der Waals surface area (Å²) in [7, 11) is 1.47. The summed E-state index contributed by atoms with van der Waals surface area (Å²) in [5.74, 6) is 0. The van der Waals surface area contributed by atoms with Gasteiger partial charge >= 0.3 is 6.18 Å². The Morgan fingerprint density at radius 1 is 1.35 bits per heavy atom. The second-order valence-corrected chi connectivity index (χ2v) is 4.52. The molecule has 2 aromatic rings. The van der Waals surface area contributed by atoms with Crippen LogP contribution in [0.2, 0.25) is 0 Å². The van der Waals surface area contributed by atoms with Gasteiger partial charge in [0.05, 0.1) is 18.8 Å². The maximum Gasteiger partial charge on any atom is 0.401 e. The van der Waals surface area contributed by atoms with Gasteiger partial charge in [-0.15, -0.1) is 0 Å². The molecule has 0 aliphatic carbocycles. The maximum atomic E-state index is 12.5. The Kier molecular flexibility index (Phi) is 4.61. The maximum absolute atomic E-state index is 12.5. The number of pyridine rings is 1. The lowest BCUT2D eigenvalue weighted by atomic mass is 10.4. The van der Waals surface area contributed by atoms with Gasteiger partial charge in [0.2, 0.25) is 0 Å². The zero-order chi connectivity index (χ0) is 14.6. The highest BCUT2D eigenvalue weighted by molar-refractivity contribution is 5.39. The van der Waals surface area contributed by atoms with E-state index in [4.69, 9.17) is 4.74 Å². The second kappa shape index (κ2) is 6.23. The summed E-state index contributed by atoms with van der Waals surface area (Å²) in [6.45, 7) is -0.359. The first kappa shape index (κ1) is 14.8. The molecule has 0 radical (unpaired) electrons. The van der Waals surface area contributed by atoms with E-state index in [0.29, 0.717) is 5.69 Å². The van der Waals surface area contributed by atoms with Crippen molar-refractivity contribution in [2.24, 2.45) is 0 Å². The smallest absolute Gasteiger partial charge is 0.383 e. The van der Waals surface area contributed by atoms with Gasteiger partial charge in [0, 0.05) is 32.6 Å². The van der Waals surface area contributed by atoms with Gasteiger partial charge in [-0.05, 0) is 12.1 Å². The van der Waals surface area contributed by atoms with Crippen LogP contribution < -0.4 is 0 Å². The van der Waals surface area contributed by atoms with E-state index < -0.39 is 12.7 Å². The fourth-order valence-corrected chi connectivity index (χ4v) is 1.98. The minimum absolute atomic E-state index is 0.143. The first-order valence-corrected chi connectivity index (χ1v) is 6.18. The average molecular weight is 287 g/mol. The summed E-state index contributed by atoms with van der Waals surface area (Å²) in [5.41, 5.74) is 1.33. The Balaban J connectivity index is 2.09. The van der Waals surface area contributed by atoms with Gasteiger partial charge in [0.25, 0.3) is 0 Å². The van der Waals surface area contributed by atoms with Crippen LogP contribution in [0.4, 0.5) is 13.2 Å². The van der Waals surface area contributed by atoms with Gasteiger partial charge in [0.15, 0.2) is 0 Å². The van der Waals surface area contributed by atoms with Gasteiger partial charge in [-0.2, -0.15) is 13.2 Å². The number of hydrogen-bond acceptors (Lipinski definition) is 3. The quantitative estimate of drug-likeness (QED) is 0.817.